The molecule has 0 bridgehead atoms. The number of urea groups is 1. The Morgan fingerprint density at radius 2 is 1.87 bits per heavy atom. The molecule has 0 fully saturated rings. The summed E-state index contributed by atoms with van der Waals surface area (Å²) in [7, 11) is 2.52. The van der Waals surface area contributed by atoms with Gasteiger partial charge in [0.15, 0.2) is 0 Å². The number of anilines is 1. The highest BCUT2D eigenvalue weighted by molar-refractivity contribution is 7.98. The van der Waals surface area contributed by atoms with Crippen molar-refractivity contribution in [1.29, 1.82) is 0 Å². The lowest BCUT2D eigenvalue weighted by Gasteiger charge is -2.17. The predicted octanol–water partition coefficient (Wildman–Crippen LogP) is 1.89. The molecule has 1 rings (SSSR count). The van der Waals surface area contributed by atoms with Crippen LogP contribution >= 0.6 is 11.8 Å². The maximum Gasteiger partial charge on any atom is 0.339 e. The molecule has 0 heterocycles. The summed E-state index contributed by atoms with van der Waals surface area (Å²) in [5.74, 6) is -0.387. The number of carbonyl (C=O) groups excluding carboxylic acids is 3. The Kier molecular flexibility index (Phi) is 7.96. The third kappa shape index (κ3) is 5.82. The Hall–Kier alpha value is -2.22. The van der Waals surface area contributed by atoms with Crippen LogP contribution in [0.4, 0.5) is 10.5 Å². The molecular formula is C15H20N2O5S. The van der Waals surface area contributed by atoms with E-state index in [0.29, 0.717) is 17.9 Å². The van der Waals surface area contributed by atoms with E-state index in [4.69, 9.17) is 0 Å². The van der Waals surface area contributed by atoms with E-state index < -0.39 is 24.0 Å². The van der Waals surface area contributed by atoms with Gasteiger partial charge in [0.25, 0.3) is 0 Å². The van der Waals surface area contributed by atoms with E-state index >= 15 is 0 Å². The number of esters is 2. The number of carbonyl (C=O) groups is 3. The lowest BCUT2D eigenvalue weighted by atomic mass is 10.2. The maximum absolute atomic E-state index is 12.1. The molecule has 2 amide bonds. The third-order valence-corrected chi connectivity index (χ3v) is 3.63. The zero-order chi connectivity index (χ0) is 17.2. The van der Waals surface area contributed by atoms with Crippen molar-refractivity contribution < 1.29 is 23.9 Å². The fourth-order valence-electron chi connectivity index (χ4n) is 1.82. The number of rotatable bonds is 7. The first-order chi connectivity index (χ1) is 11.0. The normalized spacial score (nSPS) is 11.3. The van der Waals surface area contributed by atoms with Gasteiger partial charge < -0.3 is 20.1 Å². The zero-order valence-electron chi connectivity index (χ0n) is 13.3. The molecule has 2 N–H and O–H groups in total. The second-order valence-corrected chi connectivity index (χ2v) is 5.48. The van der Waals surface area contributed by atoms with Crippen LogP contribution in [0.2, 0.25) is 0 Å². The summed E-state index contributed by atoms with van der Waals surface area (Å²) in [5.41, 5.74) is 0.522. The summed E-state index contributed by atoms with van der Waals surface area (Å²) in [5, 5.41) is 5.09. The van der Waals surface area contributed by atoms with Gasteiger partial charge in [-0.2, -0.15) is 11.8 Å². The summed E-state index contributed by atoms with van der Waals surface area (Å²) >= 11 is 1.56. The number of benzene rings is 1. The zero-order valence-corrected chi connectivity index (χ0v) is 14.1. The maximum atomic E-state index is 12.1. The second kappa shape index (κ2) is 9.73. The van der Waals surface area contributed by atoms with Crippen molar-refractivity contribution in [1.82, 2.24) is 5.32 Å². The fraction of sp³-hybridized carbons (Fsp3) is 0.400. The van der Waals surface area contributed by atoms with Crippen molar-refractivity contribution in [2.45, 2.75) is 12.5 Å². The van der Waals surface area contributed by atoms with Crippen molar-refractivity contribution in [2.24, 2.45) is 0 Å². The monoisotopic (exact) mass is 340 g/mol. The van der Waals surface area contributed by atoms with Crippen molar-refractivity contribution >= 4 is 35.4 Å². The number of thioether (sulfide) groups is 1. The molecule has 0 saturated carbocycles. The fourth-order valence-corrected chi connectivity index (χ4v) is 2.30. The molecule has 0 aliphatic rings. The van der Waals surface area contributed by atoms with Crippen LogP contribution in [-0.2, 0) is 14.3 Å². The lowest BCUT2D eigenvalue weighted by Crippen LogP contribution is -2.44. The molecule has 7 nitrogen and oxygen atoms in total. The van der Waals surface area contributed by atoms with E-state index in [1.165, 1.54) is 20.3 Å². The number of ether oxygens (including phenoxy) is 2. The molecule has 0 aliphatic heterocycles. The first kappa shape index (κ1) is 18.8. The Morgan fingerprint density at radius 3 is 2.48 bits per heavy atom. The van der Waals surface area contributed by atoms with Gasteiger partial charge in [0.2, 0.25) is 0 Å². The van der Waals surface area contributed by atoms with Crippen molar-refractivity contribution in [3.05, 3.63) is 29.8 Å². The van der Waals surface area contributed by atoms with E-state index in [9.17, 15) is 14.4 Å². The Balaban J connectivity index is 2.78. The van der Waals surface area contributed by atoms with Gasteiger partial charge in [0.1, 0.15) is 6.04 Å². The summed E-state index contributed by atoms with van der Waals surface area (Å²) in [6, 6.07) is 5.09. The molecule has 1 aromatic carbocycles. The van der Waals surface area contributed by atoms with Crippen molar-refractivity contribution in [3.63, 3.8) is 0 Å². The minimum Gasteiger partial charge on any atom is -0.467 e. The third-order valence-electron chi connectivity index (χ3n) is 2.98. The molecule has 1 aromatic rings. The number of hydrogen-bond donors (Lipinski definition) is 2. The quantitative estimate of drug-likeness (QED) is 0.736. The van der Waals surface area contributed by atoms with E-state index in [2.05, 4.69) is 20.1 Å². The Labute approximate surface area is 139 Å². The van der Waals surface area contributed by atoms with Gasteiger partial charge in [-0.25, -0.2) is 14.4 Å². The molecule has 23 heavy (non-hydrogen) atoms. The van der Waals surface area contributed by atoms with Gasteiger partial charge in [-0.15, -0.1) is 0 Å². The molecular weight excluding hydrogens is 320 g/mol. The highest BCUT2D eigenvalue weighted by Gasteiger charge is 2.22. The van der Waals surface area contributed by atoms with E-state index in [-0.39, 0.29) is 5.56 Å². The molecule has 0 radical (unpaired) electrons. The largest absolute Gasteiger partial charge is 0.467 e. The molecule has 0 aliphatic carbocycles. The average molecular weight is 340 g/mol. The SMILES string of the molecule is COC(=O)c1ccccc1NC(=O)N[C@H](CCSC)C(=O)OC. The summed E-state index contributed by atoms with van der Waals surface area (Å²) in [6.07, 6.45) is 2.35. The Morgan fingerprint density at radius 1 is 1.17 bits per heavy atom. The molecule has 0 spiro atoms. The van der Waals surface area contributed by atoms with Crippen LogP contribution in [0.3, 0.4) is 0 Å². The topological polar surface area (TPSA) is 93.7 Å². The van der Waals surface area contributed by atoms with Crippen LogP contribution in [-0.4, -0.2) is 50.2 Å². The second-order valence-electron chi connectivity index (χ2n) is 4.49. The number of nitrogens with one attached hydrogen (secondary N) is 2. The molecule has 126 valence electrons. The summed E-state index contributed by atoms with van der Waals surface area (Å²) in [6.45, 7) is 0. The highest BCUT2D eigenvalue weighted by Crippen LogP contribution is 2.16. The standard InChI is InChI=1S/C15H20N2O5S/c1-21-13(18)10-6-4-5-7-11(10)16-15(20)17-12(8-9-23-3)14(19)22-2/h4-7,12H,8-9H2,1-3H3,(H2,16,17,20)/t12-/m1/s1. The highest BCUT2D eigenvalue weighted by atomic mass is 32.2. The van der Waals surface area contributed by atoms with Gasteiger partial charge in [-0.05, 0) is 30.6 Å². The van der Waals surface area contributed by atoms with Crippen LogP contribution in [0.5, 0.6) is 0 Å². The number of methoxy groups -OCH3 is 2. The molecule has 8 heteroatoms. The van der Waals surface area contributed by atoms with Crippen LogP contribution in [0.1, 0.15) is 16.8 Å². The molecule has 1 atom stereocenters. The number of hydrogen-bond acceptors (Lipinski definition) is 6. The van der Waals surface area contributed by atoms with E-state index in [0.717, 1.165) is 0 Å². The van der Waals surface area contributed by atoms with E-state index in [1.807, 2.05) is 6.26 Å². The van der Waals surface area contributed by atoms with Crippen LogP contribution in [0.15, 0.2) is 24.3 Å². The average Bonchev–Trinajstić information content (AvgIpc) is 2.57. The van der Waals surface area contributed by atoms with Gasteiger partial charge in [0, 0.05) is 0 Å². The lowest BCUT2D eigenvalue weighted by molar-refractivity contribution is -0.142. The van der Waals surface area contributed by atoms with Crippen LogP contribution < -0.4 is 10.6 Å². The summed E-state index contributed by atoms with van der Waals surface area (Å²) in [4.78, 5) is 35.4. The molecule has 0 aromatic heterocycles. The Bertz CT molecular complexity index is 565. The molecule has 0 unspecified atom stereocenters. The van der Waals surface area contributed by atoms with Gasteiger partial charge in [-0.1, -0.05) is 12.1 Å². The van der Waals surface area contributed by atoms with Gasteiger partial charge >= 0.3 is 18.0 Å². The van der Waals surface area contributed by atoms with Gasteiger partial charge in [-0.3, -0.25) is 0 Å². The first-order valence-electron chi connectivity index (χ1n) is 6.85. The molecule has 0 saturated heterocycles. The minimum atomic E-state index is -0.752. The number of amides is 2. The van der Waals surface area contributed by atoms with Crippen LogP contribution in [0, 0.1) is 0 Å². The van der Waals surface area contributed by atoms with Crippen LogP contribution in [0.25, 0.3) is 0 Å². The van der Waals surface area contributed by atoms with Crippen molar-refractivity contribution in [3.8, 4) is 0 Å². The predicted molar refractivity (Wildman–Crippen MR) is 88.7 cm³/mol. The van der Waals surface area contributed by atoms with Crippen molar-refractivity contribution in [2.75, 3.05) is 31.5 Å². The minimum absolute atomic E-state index is 0.226. The summed E-state index contributed by atoms with van der Waals surface area (Å²) < 4.78 is 9.34. The first-order valence-corrected chi connectivity index (χ1v) is 8.24. The smallest absolute Gasteiger partial charge is 0.339 e. The van der Waals surface area contributed by atoms with E-state index in [1.54, 1.807) is 30.0 Å². The number of para-hydroxylation sites is 1. The van der Waals surface area contributed by atoms with Gasteiger partial charge in [0.05, 0.1) is 25.5 Å².